The molecule has 0 aliphatic heterocycles. The van der Waals surface area contributed by atoms with E-state index in [4.69, 9.17) is 4.74 Å². The third kappa shape index (κ3) is 2.61. The molecule has 15 heavy (non-hydrogen) atoms. The molecular weight excluding hydrogens is 188 g/mol. The van der Waals surface area contributed by atoms with Crippen LogP contribution in [0.1, 0.15) is 41.5 Å². The van der Waals surface area contributed by atoms with E-state index in [1.807, 2.05) is 13.8 Å². The molecular formula is C13H22O2. The molecule has 0 unspecified atom stereocenters. The van der Waals surface area contributed by atoms with Gasteiger partial charge in [-0.1, -0.05) is 25.5 Å². The molecule has 0 saturated heterocycles. The molecule has 0 aromatic carbocycles. The normalized spacial score (nSPS) is 27.4. The zero-order valence-corrected chi connectivity index (χ0v) is 10.6. The van der Waals surface area contributed by atoms with Crippen molar-refractivity contribution in [1.29, 1.82) is 0 Å². The third-order valence-corrected chi connectivity index (χ3v) is 3.03. The Kier molecular flexibility index (Phi) is 3.27. The fourth-order valence-electron chi connectivity index (χ4n) is 2.10. The van der Waals surface area contributed by atoms with Gasteiger partial charge in [0.15, 0.2) is 0 Å². The molecule has 1 rings (SSSR count). The van der Waals surface area contributed by atoms with Crippen LogP contribution in [0, 0.1) is 17.3 Å². The highest BCUT2D eigenvalue weighted by molar-refractivity contribution is 5.78. The number of carbonyl (C=O) groups excluding carboxylic acids is 1. The molecule has 1 saturated carbocycles. The summed E-state index contributed by atoms with van der Waals surface area (Å²) in [6.45, 7) is 12.2. The van der Waals surface area contributed by atoms with Crippen LogP contribution >= 0.6 is 0 Å². The topological polar surface area (TPSA) is 26.3 Å². The number of esters is 1. The monoisotopic (exact) mass is 210 g/mol. The van der Waals surface area contributed by atoms with E-state index in [1.165, 1.54) is 5.57 Å². The highest BCUT2D eigenvalue weighted by Crippen LogP contribution is 2.59. The van der Waals surface area contributed by atoms with Gasteiger partial charge in [-0.25, -0.2) is 0 Å². The van der Waals surface area contributed by atoms with Gasteiger partial charge in [0.25, 0.3) is 0 Å². The van der Waals surface area contributed by atoms with Crippen molar-refractivity contribution in [2.45, 2.75) is 47.6 Å². The minimum absolute atomic E-state index is 0.0127. The quantitative estimate of drug-likeness (QED) is 0.528. The Morgan fingerprint density at radius 1 is 1.33 bits per heavy atom. The zero-order valence-electron chi connectivity index (χ0n) is 10.6. The molecule has 1 aliphatic carbocycles. The average Bonchev–Trinajstić information content (AvgIpc) is 2.49. The molecule has 2 heteroatoms. The highest BCUT2D eigenvalue weighted by Gasteiger charge is 2.61. The first-order valence-corrected chi connectivity index (χ1v) is 5.62. The van der Waals surface area contributed by atoms with Crippen LogP contribution in [-0.4, -0.2) is 12.1 Å². The Morgan fingerprint density at radius 2 is 1.87 bits per heavy atom. The predicted molar refractivity (Wildman–Crippen MR) is 61.4 cm³/mol. The summed E-state index contributed by atoms with van der Waals surface area (Å²) in [5, 5.41) is 0. The lowest BCUT2D eigenvalue weighted by atomic mass is 10.1. The van der Waals surface area contributed by atoms with E-state index in [9.17, 15) is 4.79 Å². The number of carbonyl (C=O) groups is 1. The lowest BCUT2D eigenvalue weighted by Crippen LogP contribution is -2.15. The minimum Gasteiger partial charge on any atom is -0.463 e. The molecule has 0 bridgehead atoms. The van der Waals surface area contributed by atoms with Crippen LogP contribution in [0.4, 0.5) is 0 Å². The van der Waals surface area contributed by atoms with Gasteiger partial charge in [-0.3, -0.25) is 4.79 Å². The van der Waals surface area contributed by atoms with Gasteiger partial charge in [0, 0.05) is 0 Å². The Hall–Kier alpha value is -0.790. The van der Waals surface area contributed by atoms with Crippen LogP contribution in [0.25, 0.3) is 0 Å². The van der Waals surface area contributed by atoms with Crippen molar-refractivity contribution in [3.8, 4) is 0 Å². The van der Waals surface area contributed by atoms with E-state index in [0.717, 1.165) is 0 Å². The zero-order chi connectivity index (χ0) is 11.8. The fourth-order valence-corrected chi connectivity index (χ4v) is 2.10. The first kappa shape index (κ1) is 12.3. The first-order valence-electron chi connectivity index (χ1n) is 5.62. The SMILES string of the molecule is CC(C)=C[C@H]1[C@@H](C(=O)OC(C)C)C1(C)C. The highest BCUT2D eigenvalue weighted by atomic mass is 16.5. The summed E-state index contributed by atoms with van der Waals surface area (Å²) in [6.07, 6.45) is 2.17. The molecule has 2 nitrogen and oxygen atoms in total. The van der Waals surface area contributed by atoms with Gasteiger partial charge >= 0.3 is 5.97 Å². The van der Waals surface area contributed by atoms with Gasteiger partial charge in [-0.15, -0.1) is 0 Å². The number of ether oxygens (including phenoxy) is 1. The van der Waals surface area contributed by atoms with E-state index < -0.39 is 0 Å². The smallest absolute Gasteiger partial charge is 0.310 e. The Morgan fingerprint density at radius 3 is 2.27 bits per heavy atom. The van der Waals surface area contributed by atoms with Gasteiger partial charge in [0.2, 0.25) is 0 Å². The molecule has 86 valence electrons. The van der Waals surface area contributed by atoms with E-state index in [-0.39, 0.29) is 23.4 Å². The molecule has 0 heterocycles. The second kappa shape index (κ2) is 3.99. The van der Waals surface area contributed by atoms with Gasteiger partial charge in [-0.2, -0.15) is 0 Å². The maximum absolute atomic E-state index is 11.8. The second-order valence-corrected chi connectivity index (χ2v) is 5.55. The fraction of sp³-hybridized carbons (Fsp3) is 0.769. The summed E-state index contributed by atoms with van der Waals surface area (Å²) >= 11 is 0. The molecule has 0 aromatic rings. The van der Waals surface area contributed by atoms with E-state index >= 15 is 0 Å². The van der Waals surface area contributed by atoms with Gasteiger partial charge in [0.1, 0.15) is 0 Å². The molecule has 0 aromatic heterocycles. The number of allylic oxidation sites excluding steroid dienone is 2. The molecule has 2 atom stereocenters. The third-order valence-electron chi connectivity index (χ3n) is 3.03. The second-order valence-electron chi connectivity index (χ2n) is 5.55. The van der Waals surface area contributed by atoms with E-state index in [0.29, 0.717) is 5.92 Å². The van der Waals surface area contributed by atoms with E-state index in [1.54, 1.807) is 0 Å². The summed E-state index contributed by atoms with van der Waals surface area (Å²) in [4.78, 5) is 11.8. The molecule has 0 spiro atoms. The number of hydrogen-bond acceptors (Lipinski definition) is 2. The first-order chi connectivity index (χ1) is 6.76. The van der Waals surface area contributed by atoms with Crippen molar-refractivity contribution >= 4 is 5.97 Å². The maximum atomic E-state index is 11.8. The summed E-state index contributed by atoms with van der Waals surface area (Å²) in [5.74, 6) is 0.362. The van der Waals surface area contributed by atoms with Gasteiger partial charge in [-0.05, 0) is 39.0 Å². The van der Waals surface area contributed by atoms with Crippen molar-refractivity contribution in [3.63, 3.8) is 0 Å². The van der Waals surface area contributed by atoms with Crippen molar-refractivity contribution in [3.05, 3.63) is 11.6 Å². The Bertz CT molecular complexity index is 283. The Balaban J connectivity index is 2.66. The van der Waals surface area contributed by atoms with Crippen LogP contribution in [-0.2, 0) is 9.53 Å². The van der Waals surface area contributed by atoms with Crippen molar-refractivity contribution in [1.82, 2.24) is 0 Å². The Labute approximate surface area is 92.7 Å². The molecule has 0 amide bonds. The van der Waals surface area contributed by atoms with Crippen molar-refractivity contribution in [2.75, 3.05) is 0 Å². The molecule has 0 radical (unpaired) electrons. The largest absolute Gasteiger partial charge is 0.463 e. The van der Waals surface area contributed by atoms with Crippen LogP contribution in [0.2, 0.25) is 0 Å². The summed E-state index contributed by atoms with van der Waals surface area (Å²) in [7, 11) is 0. The maximum Gasteiger partial charge on any atom is 0.310 e. The predicted octanol–water partition coefficient (Wildman–Crippen LogP) is 3.18. The summed E-state index contributed by atoms with van der Waals surface area (Å²) in [5.41, 5.74) is 1.34. The lowest BCUT2D eigenvalue weighted by Gasteiger charge is -2.08. The average molecular weight is 210 g/mol. The van der Waals surface area contributed by atoms with Crippen LogP contribution in [0.3, 0.4) is 0 Å². The molecule has 1 aliphatic rings. The van der Waals surface area contributed by atoms with Crippen LogP contribution in [0.5, 0.6) is 0 Å². The van der Waals surface area contributed by atoms with Crippen LogP contribution < -0.4 is 0 Å². The molecule has 1 fully saturated rings. The number of hydrogen-bond donors (Lipinski definition) is 0. The standard InChI is InChI=1S/C13H22O2/c1-8(2)7-10-11(13(10,5)6)12(14)15-9(3)4/h7,9-11H,1-6H3/t10-,11-/m0/s1. The lowest BCUT2D eigenvalue weighted by molar-refractivity contribution is -0.150. The van der Waals surface area contributed by atoms with Crippen molar-refractivity contribution < 1.29 is 9.53 Å². The summed E-state index contributed by atoms with van der Waals surface area (Å²) < 4.78 is 5.25. The van der Waals surface area contributed by atoms with E-state index in [2.05, 4.69) is 33.8 Å². The van der Waals surface area contributed by atoms with Crippen LogP contribution in [0.15, 0.2) is 11.6 Å². The van der Waals surface area contributed by atoms with Crippen molar-refractivity contribution in [2.24, 2.45) is 17.3 Å². The van der Waals surface area contributed by atoms with Gasteiger partial charge < -0.3 is 4.74 Å². The van der Waals surface area contributed by atoms with Gasteiger partial charge in [0.05, 0.1) is 12.0 Å². The molecule has 0 N–H and O–H groups in total. The number of rotatable bonds is 3. The minimum atomic E-state index is -0.0440. The summed E-state index contributed by atoms with van der Waals surface area (Å²) in [6, 6.07) is 0.